The highest BCUT2D eigenvalue weighted by atomic mass is 15.1. The van der Waals surface area contributed by atoms with Gasteiger partial charge in [0.25, 0.3) is 0 Å². The van der Waals surface area contributed by atoms with Crippen LogP contribution in [-0.4, -0.2) is 19.1 Å². The van der Waals surface area contributed by atoms with Gasteiger partial charge < -0.3 is 0 Å². The second-order valence-electron chi connectivity index (χ2n) is 11.5. The van der Waals surface area contributed by atoms with Gasteiger partial charge in [0.1, 0.15) is 11.6 Å². The minimum Gasteiger partial charge on any atom is -0.292 e. The van der Waals surface area contributed by atoms with Crippen LogP contribution in [0.2, 0.25) is 0 Å². The van der Waals surface area contributed by atoms with Crippen LogP contribution in [0.5, 0.6) is 0 Å². The van der Waals surface area contributed by atoms with Gasteiger partial charge in [0.15, 0.2) is 0 Å². The Balaban J connectivity index is 1.23. The van der Waals surface area contributed by atoms with Crippen LogP contribution in [0.3, 0.4) is 0 Å². The molecule has 0 saturated carbocycles. The maximum Gasteiger partial charge on any atom is 0.145 e. The molecule has 0 spiro atoms. The number of rotatable bonds is 4. The van der Waals surface area contributed by atoms with Crippen LogP contribution in [0.25, 0.3) is 67.3 Å². The zero-order valence-corrected chi connectivity index (χ0v) is 24.2. The summed E-state index contributed by atoms with van der Waals surface area (Å²) in [6, 6.07) is 51.4. The average Bonchev–Trinajstić information content (AvgIpc) is 3.68. The average molecular weight is 565 g/mol. The zero-order valence-electron chi connectivity index (χ0n) is 24.2. The lowest BCUT2D eigenvalue weighted by molar-refractivity contribution is 0.875. The van der Waals surface area contributed by atoms with E-state index in [0.29, 0.717) is 0 Å². The van der Waals surface area contributed by atoms with Crippen LogP contribution in [0.1, 0.15) is 24.0 Å². The molecule has 44 heavy (non-hydrogen) atoms. The minimum absolute atomic E-state index is 0.222. The lowest BCUT2D eigenvalue weighted by Gasteiger charge is -2.28. The Kier molecular flexibility index (Phi) is 5.44. The lowest BCUT2D eigenvalue weighted by atomic mass is 9.83. The van der Waals surface area contributed by atoms with Crippen LogP contribution in [0.15, 0.2) is 146 Å². The van der Waals surface area contributed by atoms with Crippen molar-refractivity contribution in [2.75, 3.05) is 0 Å². The molecule has 0 saturated heterocycles. The first-order chi connectivity index (χ1) is 21.8. The van der Waals surface area contributed by atoms with Crippen LogP contribution in [0.4, 0.5) is 0 Å². The van der Waals surface area contributed by atoms with Crippen LogP contribution >= 0.6 is 0 Å². The summed E-state index contributed by atoms with van der Waals surface area (Å²) in [6.07, 6.45) is 0. The highest BCUT2D eigenvalue weighted by Gasteiger charge is 2.30. The molecule has 0 radical (unpaired) electrons. The van der Waals surface area contributed by atoms with Crippen molar-refractivity contribution in [3.8, 4) is 45.3 Å². The third-order valence-electron chi connectivity index (χ3n) is 9.00. The molecule has 4 nitrogen and oxygen atoms in total. The van der Waals surface area contributed by atoms with E-state index in [1.807, 2.05) is 6.07 Å². The standard InChI is InChI=1S/C40H28N4/c1-26-31-16-8-10-18-35(31)44-38-34(42-40(44)28-12-4-2-5-13-28)25-24-32(37(26)38)27-20-22-29(23-21-27)39-41-33-17-9-11-19-36(33)43(39)30-14-6-3-7-15-30/h2-26H,1H3. The summed E-state index contributed by atoms with van der Waals surface area (Å²) in [6.45, 7) is 2.33. The van der Waals surface area contributed by atoms with E-state index < -0.39 is 0 Å². The third kappa shape index (κ3) is 3.64. The van der Waals surface area contributed by atoms with Gasteiger partial charge in [-0.25, -0.2) is 9.97 Å². The van der Waals surface area contributed by atoms with E-state index in [1.54, 1.807) is 0 Å². The lowest BCUT2D eigenvalue weighted by Crippen LogP contribution is -2.13. The SMILES string of the molecule is CC1c2ccccc2-n2c(-c3ccccc3)nc3ccc(-c4ccc(-c5nc6ccccc6n5-c5ccccc5)cc4)c1c32. The van der Waals surface area contributed by atoms with Gasteiger partial charge in [0.05, 0.1) is 27.8 Å². The molecule has 1 aliphatic heterocycles. The van der Waals surface area contributed by atoms with Gasteiger partial charge in [-0.1, -0.05) is 116 Å². The summed E-state index contributed by atoms with van der Waals surface area (Å²) in [4.78, 5) is 10.3. The van der Waals surface area contributed by atoms with Gasteiger partial charge in [-0.15, -0.1) is 0 Å². The van der Waals surface area contributed by atoms with E-state index >= 15 is 0 Å². The first-order valence-corrected chi connectivity index (χ1v) is 15.1. The topological polar surface area (TPSA) is 35.6 Å². The second kappa shape index (κ2) is 9.65. The molecule has 2 aromatic heterocycles. The van der Waals surface area contributed by atoms with Crippen LogP contribution in [-0.2, 0) is 0 Å². The van der Waals surface area contributed by atoms with Crippen molar-refractivity contribution >= 4 is 22.1 Å². The highest BCUT2D eigenvalue weighted by Crippen LogP contribution is 2.46. The van der Waals surface area contributed by atoms with Gasteiger partial charge in [-0.2, -0.15) is 0 Å². The summed E-state index contributed by atoms with van der Waals surface area (Å²) in [5.41, 5.74) is 13.9. The highest BCUT2D eigenvalue weighted by molar-refractivity contribution is 5.95. The molecule has 1 atom stereocenters. The number of aromatic nitrogens is 4. The normalized spacial score (nSPS) is 13.8. The quantitative estimate of drug-likeness (QED) is 0.213. The number of benzene rings is 6. The molecule has 1 aliphatic rings. The van der Waals surface area contributed by atoms with Gasteiger partial charge in [-0.05, 0) is 58.7 Å². The second-order valence-corrected chi connectivity index (χ2v) is 11.5. The Morgan fingerprint density at radius 2 is 1.11 bits per heavy atom. The Morgan fingerprint density at radius 1 is 0.500 bits per heavy atom. The van der Waals surface area contributed by atoms with E-state index in [0.717, 1.165) is 45.0 Å². The van der Waals surface area contributed by atoms with Crippen LogP contribution in [0, 0.1) is 0 Å². The van der Waals surface area contributed by atoms with E-state index in [-0.39, 0.29) is 5.92 Å². The van der Waals surface area contributed by atoms with Crippen molar-refractivity contribution in [2.24, 2.45) is 0 Å². The maximum absolute atomic E-state index is 5.19. The van der Waals surface area contributed by atoms with Crippen LogP contribution < -0.4 is 0 Å². The number of hydrogen-bond donors (Lipinski definition) is 0. The molecular formula is C40H28N4. The number of fused-ring (bicyclic) bond motifs is 3. The van der Waals surface area contributed by atoms with Crippen molar-refractivity contribution in [1.82, 2.24) is 19.1 Å². The molecule has 1 unspecified atom stereocenters. The number of para-hydroxylation sites is 4. The Bertz CT molecular complexity index is 2330. The third-order valence-corrected chi connectivity index (χ3v) is 9.00. The molecule has 0 fully saturated rings. The summed E-state index contributed by atoms with van der Waals surface area (Å²) >= 11 is 0. The van der Waals surface area contributed by atoms with E-state index in [2.05, 4.69) is 156 Å². The predicted octanol–water partition coefficient (Wildman–Crippen LogP) is 9.83. The van der Waals surface area contributed by atoms with Crippen molar-refractivity contribution < 1.29 is 0 Å². The molecular weight excluding hydrogens is 536 g/mol. The Hall–Kier alpha value is -5.74. The first kappa shape index (κ1) is 24.8. The molecule has 208 valence electrons. The van der Waals surface area contributed by atoms with E-state index in [4.69, 9.17) is 9.97 Å². The van der Waals surface area contributed by atoms with E-state index in [1.165, 1.54) is 33.5 Å². The molecule has 0 bridgehead atoms. The minimum atomic E-state index is 0.222. The molecule has 4 heteroatoms. The molecule has 9 rings (SSSR count). The van der Waals surface area contributed by atoms with Crippen molar-refractivity contribution in [2.45, 2.75) is 12.8 Å². The van der Waals surface area contributed by atoms with Crippen molar-refractivity contribution in [3.05, 3.63) is 157 Å². The Morgan fingerprint density at radius 3 is 1.93 bits per heavy atom. The number of imidazole rings is 2. The molecule has 8 aromatic rings. The van der Waals surface area contributed by atoms with Crippen molar-refractivity contribution in [3.63, 3.8) is 0 Å². The summed E-state index contributed by atoms with van der Waals surface area (Å²) < 4.78 is 4.62. The van der Waals surface area contributed by atoms with Gasteiger partial charge in [0, 0.05) is 22.7 Å². The van der Waals surface area contributed by atoms with Crippen molar-refractivity contribution in [1.29, 1.82) is 0 Å². The first-order valence-electron chi connectivity index (χ1n) is 15.1. The van der Waals surface area contributed by atoms with E-state index in [9.17, 15) is 0 Å². The molecule has 0 N–H and O–H groups in total. The summed E-state index contributed by atoms with van der Waals surface area (Å²) in [5.74, 6) is 2.14. The largest absolute Gasteiger partial charge is 0.292 e. The zero-order chi connectivity index (χ0) is 29.2. The monoisotopic (exact) mass is 564 g/mol. The predicted molar refractivity (Wildman–Crippen MR) is 180 cm³/mol. The van der Waals surface area contributed by atoms with Gasteiger partial charge in [-0.3, -0.25) is 9.13 Å². The Labute approximate surface area is 255 Å². The smallest absolute Gasteiger partial charge is 0.145 e. The van der Waals surface area contributed by atoms with Gasteiger partial charge in [0.2, 0.25) is 0 Å². The van der Waals surface area contributed by atoms with Gasteiger partial charge >= 0.3 is 0 Å². The molecule has 0 amide bonds. The maximum atomic E-state index is 5.19. The number of nitrogens with zero attached hydrogens (tertiary/aromatic N) is 4. The molecule has 6 aromatic carbocycles. The fourth-order valence-corrected chi connectivity index (χ4v) is 6.97. The fourth-order valence-electron chi connectivity index (χ4n) is 6.97. The molecule has 3 heterocycles. The fraction of sp³-hybridized carbons (Fsp3) is 0.0500. The number of hydrogen-bond acceptors (Lipinski definition) is 2. The summed E-state index contributed by atoms with van der Waals surface area (Å²) in [5, 5.41) is 0. The molecule has 0 aliphatic carbocycles. The summed E-state index contributed by atoms with van der Waals surface area (Å²) in [7, 11) is 0.